The number of aliphatic carboxylic acids is 1. The van der Waals surface area contributed by atoms with Gasteiger partial charge in [-0.05, 0) is 23.8 Å². The molecule has 148 valence electrons. The fourth-order valence-electron chi connectivity index (χ4n) is 2.07. The Morgan fingerprint density at radius 3 is 2.52 bits per heavy atom. The summed E-state index contributed by atoms with van der Waals surface area (Å²) in [5, 5.41) is 11.2. The number of ether oxygens (including phenoxy) is 2. The normalized spacial score (nSPS) is 10.3. The number of rotatable bonds is 14. The van der Waals surface area contributed by atoms with Crippen LogP contribution in [0.25, 0.3) is 12.2 Å². The quantitative estimate of drug-likeness (QED) is 0.473. The number of nitrogens with one attached hydrogen (secondary N) is 1. The van der Waals surface area contributed by atoms with Gasteiger partial charge in [-0.1, -0.05) is 19.2 Å². The van der Waals surface area contributed by atoms with Gasteiger partial charge in [0.05, 0.1) is 45.1 Å². The van der Waals surface area contributed by atoms with Gasteiger partial charge < -0.3 is 24.8 Å². The van der Waals surface area contributed by atoms with E-state index < -0.39 is 5.97 Å². The van der Waals surface area contributed by atoms with Crippen LogP contribution in [-0.2, 0) is 19.1 Å². The van der Waals surface area contributed by atoms with Crippen molar-refractivity contribution in [3.63, 3.8) is 0 Å². The molecular formula is C19H27N3O5. The minimum atomic E-state index is -0.893. The van der Waals surface area contributed by atoms with Crippen LogP contribution in [0.5, 0.6) is 0 Å². The molecule has 1 amide bonds. The zero-order chi connectivity index (χ0) is 20.1. The van der Waals surface area contributed by atoms with E-state index in [0.29, 0.717) is 37.9 Å². The van der Waals surface area contributed by atoms with Gasteiger partial charge in [-0.2, -0.15) is 0 Å². The summed E-state index contributed by atoms with van der Waals surface area (Å²) in [5.74, 6) is -0.382. The molecule has 0 radical (unpaired) electrons. The molecule has 0 unspecified atom stereocenters. The first-order chi connectivity index (χ1) is 13.0. The van der Waals surface area contributed by atoms with Gasteiger partial charge in [0.15, 0.2) is 0 Å². The Labute approximate surface area is 159 Å². The smallest absolute Gasteiger partial charge is 0.305 e. The number of carboxylic acid groups (broad SMARTS) is 1. The van der Waals surface area contributed by atoms with Crippen LogP contribution in [-0.4, -0.2) is 68.5 Å². The third-order valence-corrected chi connectivity index (χ3v) is 3.47. The van der Waals surface area contributed by atoms with E-state index in [1.807, 2.05) is 12.1 Å². The number of carbonyl (C=O) groups is 2. The van der Waals surface area contributed by atoms with E-state index in [-0.39, 0.29) is 25.5 Å². The van der Waals surface area contributed by atoms with E-state index in [0.717, 1.165) is 5.56 Å². The summed E-state index contributed by atoms with van der Waals surface area (Å²) in [6.45, 7) is 9.17. The third-order valence-electron chi connectivity index (χ3n) is 3.47. The van der Waals surface area contributed by atoms with Gasteiger partial charge >= 0.3 is 5.97 Å². The highest BCUT2D eigenvalue weighted by Crippen LogP contribution is 2.15. The average molecular weight is 377 g/mol. The first kappa shape index (κ1) is 22.3. The van der Waals surface area contributed by atoms with Crippen molar-refractivity contribution in [2.75, 3.05) is 51.5 Å². The van der Waals surface area contributed by atoms with E-state index in [2.05, 4.69) is 23.5 Å². The summed E-state index contributed by atoms with van der Waals surface area (Å²) in [7, 11) is 1.78. The van der Waals surface area contributed by atoms with Crippen molar-refractivity contribution in [3.8, 4) is 0 Å². The summed E-state index contributed by atoms with van der Waals surface area (Å²) in [6.07, 6.45) is 3.34. The molecule has 1 aromatic heterocycles. The fraction of sp³-hybridized carbons (Fsp3) is 0.421. The summed E-state index contributed by atoms with van der Waals surface area (Å²) in [5.41, 5.74) is 1.62. The Hall–Kier alpha value is -2.71. The monoisotopic (exact) mass is 377 g/mol. The lowest BCUT2D eigenvalue weighted by atomic mass is 10.2. The van der Waals surface area contributed by atoms with Crippen LogP contribution >= 0.6 is 0 Å². The van der Waals surface area contributed by atoms with Crippen LogP contribution in [0.3, 0.4) is 0 Å². The summed E-state index contributed by atoms with van der Waals surface area (Å²) >= 11 is 0. The van der Waals surface area contributed by atoms with Gasteiger partial charge in [0.25, 0.3) is 0 Å². The predicted molar refractivity (Wildman–Crippen MR) is 105 cm³/mol. The predicted octanol–water partition coefficient (Wildman–Crippen LogP) is 1.43. The molecule has 0 aliphatic carbocycles. The standard InChI is InChI=1S/C19H27N3O5/c1-4-15-12-16(5-2)21-17(13-15)22(3)14-18(23)20-7-9-27-11-10-26-8-6-19(24)25/h4-5,12-13H,1-2,6-11,14H2,3H3,(H,20,23)(H,24,25). The second-order valence-corrected chi connectivity index (χ2v) is 5.67. The zero-order valence-electron chi connectivity index (χ0n) is 15.6. The van der Waals surface area contributed by atoms with Gasteiger partial charge in [0.2, 0.25) is 5.91 Å². The number of hydrogen-bond donors (Lipinski definition) is 2. The first-order valence-corrected chi connectivity index (χ1v) is 8.58. The Balaban J connectivity index is 2.24. The lowest BCUT2D eigenvalue weighted by Gasteiger charge is -2.18. The molecule has 1 aromatic rings. The van der Waals surface area contributed by atoms with Crippen LogP contribution < -0.4 is 10.2 Å². The van der Waals surface area contributed by atoms with Gasteiger partial charge in [-0.15, -0.1) is 0 Å². The summed E-state index contributed by atoms with van der Waals surface area (Å²) < 4.78 is 10.4. The van der Waals surface area contributed by atoms with Crippen LogP contribution in [0, 0.1) is 0 Å². The molecule has 27 heavy (non-hydrogen) atoms. The topological polar surface area (TPSA) is 101 Å². The molecule has 1 heterocycles. The highest BCUT2D eigenvalue weighted by molar-refractivity contribution is 5.81. The molecule has 0 aliphatic rings. The van der Waals surface area contributed by atoms with Gasteiger partial charge in [-0.25, -0.2) is 4.98 Å². The molecule has 0 spiro atoms. The second-order valence-electron chi connectivity index (χ2n) is 5.67. The molecule has 0 saturated carbocycles. The van der Waals surface area contributed by atoms with Crippen molar-refractivity contribution in [3.05, 3.63) is 36.5 Å². The lowest BCUT2D eigenvalue weighted by Crippen LogP contribution is -2.37. The third kappa shape index (κ3) is 9.53. The molecule has 0 fully saturated rings. The molecule has 8 nitrogen and oxygen atoms in total. The van der Waals surface area contributed by atoms with E-state index in [1.54, 1.807) is 24.1 Å². The SMILES string of the molecule is C=Cc1cc(C=C)nc(N(C)CC(=O)NCCOCCOCCC(=O)O)c1. The Bertz CT molecular complexity index is 622. The molecule has 8 heteroatoms. The fourth-order valence-corrected chi connectivity index (χ4v) is 2.07. The van der Waals surface area contributed by atoms with Crippen LogP contribution in [0.1, 0.15) is 17.7 Å². The van der Waals surface area contributed by atoms with Crippen LogP contribution in [0.4, 0.5) is 5.82 Å². The first-order valence-electron chi connectivity index (χ1n) is 8.58. The van der Waals surface area contributed by atoms with Crippen molar-refractivity contribution in [2.45, 2.75) is 6.42 Å². The minimum Gasteiger partial charge on any atom is -0.481 e. The number of pyridine rings is 1. The van der Waals surface area contributed by atoms with E-state index in [1.165, 1.54) is 0 Å². The van der Waals surface area contributed by atoms with Crippen molar-refractivity contribution in [1.82, 2.24) is 10.3 Å². The maximum atomic E-state index is 12.0. The van der Waals surface area contributed by atoms with Crippen molar-refractivity contribution >= 4 is 29.8 Å². The van der Waals surface area contributed by atoms with Gasteiger partial charge in [0, 0.05) is 13.6 Å². The van der Waals surface area contributed by atoms with Crippen LogP contribution in [0.2, 0.25) is 0 Å². The zero-order valence-corrected chi connectivity index (χ0v) is 15.6. The molecular weight excluding hydrogens is 350 g/mol. The Kier molecular flexibility index (Phi) is 10.4. The van der Waals surface area contributed by atoms with Crippen molar-refractivity contribution in [1.29, 1.82) is 0 Å². The Morgan fingerprint density at radius 1 is 1.19 bits per heavy atom. The minimum absolute atomic E-state index is 0.0254. The maximum Gasteiger partial charge on any atom is 0.305 e. The number of anilines is 1. The van der Waals surface area contributed by atoms with Gasteiger partial charge in [-0.3, -0.25) is 9.59 Å². The number of amides is 1. The number of hydrogen-bond acceptors (Lipinski definition) is 6. The molecule has 0 saturated heterocycles. The van der Waals surface area contributed by atoms with E-state index in [4.69, 9.17) is 14.6 Å². The second kappa shape index (κ2) is 12.6. The number of aromatic nitrogens is 1. The molecule has 0 aromatic carbocycles. The molecule has 0 bridgehead atoms. The van der Waals surface area contributed by atoms with Crippen LogP contribution in [0.15, 0.2) is 25.3 Å². The average Bonchev–Trinajstić information content (AvgIpc) is 2.65. The van der Waals surface area contributed by atoms with E-state index in [9.17, 15) is 9.59 Å². The molecule has 0 atom stereocenters. The van der Waals surface area contributed by atoms with Crippen molar-refractivity contribution in [2.24, 2.45) is 0 Å². The van der Waals surface area contributed by atoms with E-state index >= 15 is 0 Å². The Morgan fingerprint density at radius 2 is 1.89 bits per heavy atom. The van der Waals surface area contributed by atoms with Crippen molar-refractivity contribution < 1.29 is 24.2 Å². The molecule has 0 aliphatic heterocycles. The highest BCUT2D eigenvalue weighted by atomic mass is 16.5. The lowest BCUT2D eigenvalue weighted by molar-refractivity contribution is -0.138. The molecule has 2 N–H and O–H groups in total. The van der Waals surface area contributed by atoms with Gasteiger partial charge in [0.1, 0.15) is 5.82 Å². The number of carboxylic acids is 1. The summed E-state index contributed by atoms with van der Waals surface area (Å²) in [4.78, 5) is 28.5. The number of carbonyl (C=O) groups excluding carboxylic acids is 1. The number of likely N-dealkylation sites (N-methyl/N-ethyl adjacent to an activating group) is 1. The number of nitrogens with zero attached hydrogens (tertiary/aromatic N) is 2. The summed E-state index contributed by atoms with van der Waals surface area (Å²) in [6, 6.07) is 3.71. The highest BCUT2D eigenvalue weighted by Gasteiger charge is 2.09. The maximum absolute atomic E-state index is 12.0. The molecule has 1 rings (SSSR count). The largest absolute Gasteiger partial charge is 0.481 e.